The van der Waals surface area contributed by atoms with Crippen LogP contribution < -0.4 is 5.32 Å². The summed E-state index contributed by atoms with van der Waals surface area (Å²) in [7, 11) is 1.95. The average molecular weight is 259 g/mol. The van der Waals surface area contributed by atoms with Crippen molar-refractivity contribution in [3.63, 3.8) is 0 Å². The van der Waals surface area contributed by atoms with Crippen LogP contribution in [0.5, 0.6) is 0 Å². The van der Waals surface area contributed by atoms with Gasteiger partial charge in [0.1, 0.15) is 5.82 Å². The average Bonchev–Trinajstić information content (AvgIpc) is 2.63. The Morgan fingerprint density at radius 2 is 2.11 bits per heavy atom. The lowest BCUT2D eigenvalue weighted by atomic mass is 9.71. The maximum atomic E-state index is 14.1. The Morgan fingerprint density at radius 3 is 2.63 bits per heavy atom. The number of nitrogens with one attached hydrogen (secondary N) is 1. The molecule has 1 aliphatic heterocycles. The lowest BCUT2D eigenvalue weighted by molar-refractivity contribution is 0.261. The lowest BCUT2D eigenvalue weighted by Crippen LogP contribution is -2.58. The van der Waals surface area contributed by atoms with E-state index in [1.807, 2.05) is 30.8 Å². The van der Waals surface area contributed by atoms with Gasteiger partial charge in [-0.15, -0.1) is 0 Å². The highest BCUT2D eigenvalue weighted by atomic mass is 19.1. The standard InChI is InChI=1S/C15H18FN3/c1-11-7-12(19(2)18-11)8-15(9-17-10-15)13-5-3-4-6-14(13)16/h3-7,17H,8-10H2,1-2H3. The second-order valence-electron chi connectivity index (χ2n) is 5.44. The molecule has 0 saturated carbocycles. The largest absolute Gasteiger partial charge is 0.315 e. The topological polar surface area (TPSA) is 29.9 Å². The van der Waals surface area contributed by atoms with Crippen LogP contribution in [0.2, 0.25) is 0 Å². The van der Waals surface area contributed by atoms with Crippen molar-refractivity contribution in [2.45, 2.75) is 18.8 Å². The molecule has 1 aliphatic rings. The third-order valence-electron chi connectivity index (χ3n) is 3.99. The molecule has 3 nitrogen and oxygen atoms in total. The lowest BCUT2D eigenvalue weighted by Gasteiger charge is -2.43. The van der Waals surface area contributed by atoms with E-state index >= 15 is 0 Å². The van der Waals surface area contributed by atoms with E-state index in [2.05, 4.69) is 16.5 Å². The molecule has 1 N–H and O–H groups in total. The highest BCUT2D eigenvalue weighted by molar-refractivity contribution is 5.33. The first kappa shape index (κ1) is 12.4. The minimum atomic E-state index is -0.133. The molecule has 19 heavy (non-hydrogen) atoms. The van der Waals surface area contributed by atoms with Crippen LogP contribution in [0.4, 0.5) is 4.39 Å². The summed E-state index contributed by atoms with van der Waals surface area (Å²) >= 11 is 0. The molecule has 0 radical (unpaired) electrons. The Kier molecular flexibility index (Phi) is 2.90. The van der Waals surface area contributed by atoms with Crippen LogP contribution in [0.3, 0.4) is 0 Å². The van der Waals surface area contributed by atoms with Gasteiger partial charge in [-0.3, -0.25) is 4.68 Å². The highest BCUT2D eigenvalue weighted by Crippen LogP contribution is 2.34. The zero-order valence-electron chi connectivity index (χ0n) is 11.3. The molecule has 1 aromatic carbocycles. The first-order valence-corrected chi connectivity index (χ1v) is 6.56. The molecule has 1 saturated heterocycles. The van der Waals surface area contributed by atoms with Crippen molar-refractivity contribution in [1.29, 1.82) is 0 Å². The smallest absolute Gasteiger partial charge is 0.127 e. The van der Waals surface area contributed by atoms with Gasteiger partial charge in [-0.1, -0.05) is 18.2 Å². The summed E-state index contributed by atoms with van der Waals surface area (Å²) in [5.74, 6) is -0.108. The Balaban J connectivity index is 1.96. The summed E-state index contributed by atoms with van der Waals surface area (Å²) in [5.41, 5.74) is 2.84. The normalized spacial score (nSPS) is 17.2. The molecule has 0 amide bonds. The molecular weight excluding hydrogens is 241 g/mol. The number of hydrogen-bond acceptors (Lipinski definition) is 2. The van der Waals surface area contributed by atoms with Crippen molar-refractivity contribution in [3.05, 3.63) is 53.1 Å². The summed E-state index contributed by atoms with van der Waals surface area (Å²) in [4.78, 5) is 0. The van der Waals surface area contributed by atoms with Crippen LogP contribution in [-0.4, -0.2) is 22.9 Å². The van der Waals surface area contributed by atoms with Crippen molar-refractivity contribution in [3.8, 4) is 0 Å². The number of rotatable bonds is 3. The summed E-state index contributed by atoms with van der Waals surface area (Å²) in [5, 5.41) is 7.65. The van der Waals surface area contributed by atoms with Crippen LogP contribution in [0.25, 0.3) is 0 Å². The zero-order chi connectivity index (χ0) is 13.5. The monoisotopic (exact) mass is 259 g/mol. The molecule has 1 aromatic heterocycles. The van der Waals surface area contributed by atoms with Gasteiger partial charge in [-0.25, -0.2) is 4.39 Å². The van der Waals surface area contributed by atoms with E-state index < -0.39 is 0 Å². The van der Waals surface area contributed by atoms with Gasteiger partial charge in [0.05, 0.1) is 5.69 Å². The van der Waals surface area contributed by atoms with Gasteiger partial charge in [-0.2, -0.15) is 5.10 Å². The van der Waals surface area contributed by atoms with Gasteiger partial charge in [0.25, 0.3) is 0 Å². The minimum absolute atomic E-state index is 0.108. The molecule has 0 unspecified atom stereocenters. The molecule has 0 aliphatic carbocycles. The Bertz CT molecular complexity index is 599. The van der Waals surface area contributed by atoms with E-state index in [0.717, 1.165) is 36.5 Å². The molecule has 1 fully saturated rings. The first-order chi connectivity index (χ1) is 9.11. The third kappa shape index (κ3) is 2.06. The van der Waals surface area contributed by atoms with E-state index in [1.54, 1.807) is 12.1 Å². The van der Waals surface area contributed by atoms with Gasteiger partial charge < -0.3 is 5.32 Å². The molecular formula is C15H18FN3. The molecule has 2 heterocycles. The fraction of sp³-hybridized carbons (Fsp3) is 0.400. The number of aryl methyl sites for hydroxylation is 2. The first-order valence-electron chi connectivity index (χ1n) is 6.56. The minimum Gasteiger partial charge on any atom is -0.315 e. The van der Waals surface area contributed by atoms with E-state index in [9.17, 15) is 4.39 Å². The molecule has 100 valence electrons. The summed E-state index contributed by atoms with van der Waals surface area (Å²) < 4.78 is 16.0. The van der Waals surface area contributed by atoms with Gasteiger partial charge in [-0.05, 0) is 24.6 Å². The van der Waals surface area contributed by atoms with Gasteiger partial charge in [0.2, 0.25) is 0 Å². The summed E-state index contributed by atoms with van der Waals surface area (Å²) in [6, 6.07) is 9.18. The Labute approximate surface area is 112 Å². The SMILES string of the molecule is Cc1cc(CC2(c3ccccc3F)CNC2)n(C)n1. The maximum absolute atomic E-state index is 14.1. The van der Waals surface area contributed by atoms with Crippen LogP contribution in [0.1, 0.15) is 17.0 Å². The number of hydrogen-bond donors (Lipinski definition) is 1. The molecule has 2 aromatic rings. The maximum Gasteiger partial charge on any atom is 0.127 e. The van der Waals surface area contributed by atoms with E-state index in [1.165, 1.54) is 0 Å². The van der Waals surface area contributed by atoms with Crippen LogP contribution in [-0.2, 0) is 18.9 Å². The fourth-order valence-corrected chi connectivity index (χ4v) is 2.91. The highest BCUT2D eigenvalue weighted by Gasteiger charge is 2.41. The molecule has 0 atom stereocenters. The van der Waals surface area contributed by atoms with Crippen LogP contribution in [0, 0.1) is 12.7 Å². The van der Waals surface area contributed by atoms with Gasteiger partial charge in [0, 0.05) is 37.7 Å². The second-order valence-corrected chi connectivity index (χ2v) is 5.44. The summed E-state index contributed by atoms with van der Waals surface area (Å²) in [6.45, 7) is 3.62. The van der Waals surface area contributed by atoms with Crippen molar-refractivity contribution in [2.75, 3.05) is 13.1 Å². The van der Waals surface area contributed by atoms with Crippen LogP contribution >= 0.6 is 0 Å². The zero-order valence-corrected chi connectivity index (χ0v) is 11.3. The molecule has 3 rings (SSSR count). The van der Waals surface area contributed by atoms with Crippen molar-refractivity contribution >= 4 is 0 Å². The predicted octanol–water partition coefficient (Wildman–Crippen LogP) is 1.95. The number of aromatic nitrogens is 2. The summed E-state index contributed by atoms with van der Waals surface area (Å²) in [6.07, 6.45) is 0.818. The second kappa shape index (κ2) is 4.46. The van der Waals surface area contributed by atoms with E-state index in [0.29, 0.717) is 0 Å². The third-order valence-corrected chi connectivity index (χ3v) is 3.99. The number of benzene rings is 1. The predicted molar refractivity (Wildman–Crippen MR) is 72.6 cm³/mol. The van der Waals surface area contributed by atoms with Crippen LogP contribution in [0.15, 0.2) is 30.3 Å². The Hall–Kier alpha value is -1.68. The molecule has 0 bridgehead atoms. The van der Waals surface area contributed by atoms with Crippen molar-refractivity contribution in [2.24, 2.45) is 7.05 Å². The van der Waals surface area contributed by atoms with Crippen molar-refractivity contribution < 1.29 is 4.39 Å². The number of nitrogens with zero attached hydrogens (tertiary/aromatic N) is 2. The quantitative estimate of drug-likeness (QED) is 0.913. The van der Waals surface area contributed by atoms with Gasteiger partial charge in [0.15, 0.2) is 0 Å². The molecule has 0 spiro atoms. The van der Waals surface area contributed by atoms with E-state index in [4.69, 9.17) is 0 Å². The fourth-order valence-electron chi connectivity index (χ4n) is 2.91. The molecule has 4 heteroatoms. The van der Waals surface area contributed by atoms with E-state index in [-0.39, 0.29) is 11.2 Å². The Morgan fingerprint density at radius 1 is 1.37 bits per heavy atom. The number of halogens is 1. The van der Waals surface area contributed by atoms with Gasteiger partial charge >= 0.3 is 0 Å². The van der Waals surface area contributed by atoms with Crippen molar-refractivity contribution in [1.82, 2.24) is 15.1 Å².